The van der Waals surface area contributed by atoms with Crippen molar-refractivity contribution < 1.29 is 27.4 Å². The highest BCUT2D eigenvalue weighted by atomic mass is 19.4. The van der Waals surface area contributed by atoms with E-state index in [0.29, 0.717) is 13.0 Å². The molecule has 0 fully saturated rings. The summed E-state index contributed by atoms with van der Waals surface area (Å²) in [6.45, 7) is -0.0721. The van der Waals surface area contributed by atoms with Gasteiger partial charge < -0.3 is 20.1 Å². The number of methoxy groups -OCH3 is 1. The van der Waals surface area contributed by atoms with Crippen LogP contribution >= 0.6 is 0 Å². The van der Waals surface area contributed by atoms with Crippen LogP contribution in [-0.4, -0.2) is 38.9 Å². The van der Waals surface area contributed by atoms with Gasteiger partial charge in [0.15, 0.2) is 18.1 Å². The van der Waals surface area contributed by atoms with Crippen molar-refractivity contribution in [3.63, 3.8) is 0 Å². The third-order valence-corrected chi connectivity index (χ3v) is 4.04. The molecule has 2 N–H and O–H groups in total. The molecule has 0 saturated carbocycles. The number of hydrogen-bond acceptors (Lipinski definition) is 4. The lowest BCUT2D eigenvalue weighted by Gasteiger charge is -2.13. The number of rotatable bonds is 11. The first-order valence-electron chi connectivity index (χ1n) is 9.29. The number of para-hydroxylation sites is 1. The van der Waals surface area contributed by atoms with E-state index in [4.69, 9.17) is 9.47 Å². The van der Waals surface area contributed by atoms with Gasteiger partial charge in [-0.3, -0.25) is 4.79 Å². The molecule has 2 rings (SSSR count). The van der Waals surface area contributed by atoms with E-state index in [1.54, 1.807) is 12.1 Å². The number of halogens is 3. The molecule has 8 heteroatoms. The molecular formula is C21H25F3N2O3. The number of benzene rings is 2. The smallest absolute Gasteiger partial charge is 0.422 e. The summed E-state index contributed by atoms with van der Waals surface area (Å²) in [5.74, 6) is 0.143. The second kappa shape index (κ2) is 11.2. The molecular weight excluding hydrogens is 385 g/mol. The number of alkyl halides is 3. The highest BCUT2D eigenvalue weighted by Crippen LogP contribution is 2.30. The number of carbonyl (C=O) groups excluding carboxylic acids is 1. The van der Waals surface area contributed by atoms with Crippen LogP contribution in [-0.2, 0) is 11.2 Å². The number of amides is 1. The first kappa shape index (κ1) is 22.4. The summed E-state index contributed by atoms with van der Waals surface area (Å²) < 4.78 is 46.7. The maximum Gasteiger partial charge on any atom is 0.422 e. The molecule has 0 spiro atoms. The van der Waals surface area contributed by atoms with E-state index < -0.39 is 12.8 Å². The molecule has 0 atom stereocenters. The molecule has 0 aliphatic carbocycles. The van der Waals surface area contributed by atoms with Crippen LogP contribution in [0.5, 0.6) is 11.5 Å². The van der Waals surface area contributed by atoms with Crippen molar-refractivity contribution >= 4 is 11.6 Å². The minimum atomic E-state index is -4.42. The Balaban J connectivity index is 1.69. The zero-order valence-electron chi connectivity index (χ0n) is 16.2. The van der Waals surface area contributed by atoms with Crippen LogP contribution in [0.3, 0.4) is 0 Å². The average molecular weight is 410 g/mol. The molecule has 0 unspecified atom stereocenters. The fourth-order valence-electron chi connectivity index (χ4n) is 2.60. The third kappa shape index (κ3) is 8.76. The predicted molar refractivity (Wildman–Crippen MR) is 105 cm³/mol. The summed E-state index contributed by atoms with van der Waals surface area (Å²) in [4.78, 5) is 12.0. The molecule has 0 aliphatic rings. The summed E-state index contributed by atoms with van der Waals surface area (Å²) >= 11 is 0. The summed E-state index contributed by atoms with van der Waals surface area (Å²) in [5, 5.41) is 6.12. The molecule has 0 aromatic heterocycles. The van der Waals surface area contributed by atoms with Crippen molar-refractivity contribution in [1.82, 2.24) is 5.32 Å². The monoisotopic (exact) mass is 410 g/mol. The Kier molecular flexibility index (Phi) is 8.64. The van der Waals surface area contributed by atoms with Gasteiger partial charge in [-0.2, -0.15) is 13.2 Å². The molecule has 0 radical (unpaired) electrons. The summed E-state index contributed by atoms with van der Waals surface area (Å²) in [6, 6.07) is 14.5. The van der Waals surface area contributed by atoms with E-state index in [1.165, 1.54) is 13.2 Å². The van der Waals surface area contributed by atoms with Crippen LogP contribution in [0.2, 0.25) is 0 Å². The van der Waals surface area contributed by atoms with Crippen LogP contribution in [0.4, 0.5) is 18.9 Å². The van der Waals surface area contributed by atoms with E-state index in [2.05, 4.69) is 10.6 Å². The van der Waals surface area contributed by atoms with E-state index in [-0.39, 0.29) is 23.8 Å². The van der Waals surface area contributed by atoms with Crippen molar-refractivity contribution in [1.29, 1.82) is 0 Å². The second-order valence-electron chi connectivity index (χ2n) is 6.39. The number of nitrogens with one attached hydrogen (secondary N) is 2. The molecule has 29 heavy (non-hydrogen) atoms. The maximum atomic E-state index is 12.3. The lowest BCUT2D eigenvalue weighted by atomic mass is 10.1. The fourth-order valence-corrected chi connectivity index (χ4v) is 2.60. The molecule has 0 aliphatic heterocycles. The van der Waals surface area contributed by atoms with Crippen LogP contribution in [0.1, 0.15) is 18.4 Å². The Morgan fingerprint density at radius 1 is 1.03 bits per heavy atom. The Morgan fingerprint density at radius 2 is 1.79 bits per heavy atom. The normalized spacial score (nSPS) is 11.0. The number of aryl methyl sites for hydroxylation is 1. The minimum Gasteiger partial charge on any atom is -0.493 e. The van der Waals surface area contributed by atoms with E-state index in [1.807, 2.05) is 30.3 Å². The number of carbonyl (C=O) groups is 1. The zero-order valence-corrected chi connectivity index (χ0v) is 16.2. The van der Waals surface area contributed by atoms with Gasteiger partial charge in [0, 0.05) is 25.2 Å². The lowest BCUT2D eigenvalue weighted by molar-refractivity contribution is -0.153. The highest BCUT2D eigenvalue weighted by molar-refractivity contribution is 5.76. The predicted octanol–water partition coefficient (Wildman–Crippen LogP) is 4.19. The average Bonchev–Trinajstić information content (AvgIpc) is 2.71. The number of anilines is 1. The van der Waals surface area contributed by atoms with Gasteiger partial charge in [-0.15, -0.1) is 0 Å². The van der Waals surface area contributed by atoms with Gasteiger partial charge in [0.05, 0.1) is 7.11 Å². The van der Waals surface area contributed by atoms with Crippen molar-refractivity contribution in [3.8, 4) is 11.5 Å². The number of ether oxygens (including phenoxy) is 2. The van der Waals surface area contributed by atoms with Crippen LogP contribution < -0.4 is 20.1 Å². The first-order valence-corrected chi connectivity index (χ1v) is 9.29. The molecule has 2 aromatic rings. The van der Waals surface area contributed by atoms with E-state index in [0.717, 1.165) is 24.2 Å². The SMILES string of the molecule is COc1cc(CCC(=O)NCCCNc2ccccc2)ccc1OCC(F)(F)F. The maximum absolute atomic E-state index is 12.3. The van der Waals surface area contributed by atoms with Crippen molar-refractivity contribution in [2.45, 2.75) is 25.4 Å². The van der Waals surface area contributed by atoms with Gasteiger partial charge in [-0.25, -0.2) is 0 Å². The Bertz CT molecular complexity index is 768. The summed E-state index contributed by atoms with van der Waals surface area (Å²) in [7, 11) is 1.36. The second-order valence-corrected chi connectivity index (χ2v) is 6.39. The van der Waals surface area contributed by atoms with Crippen molar-refractivity contribution in [2.75, 3.05) is 32.1 Å². The van der Waals surface area contributed by atoms with Crippen molar-refractivity contribution in [2.24, 2.45) is 0 Å². The molecule has 2 aromatic carbocycles. The Labute approximate surface area is 168 Å². The fraction of sp³-hybridized carbons (Fsp3) is 0.381. The van der Waals surface area contributed by atoms with Crippen LogP contribution in [0.25, 0.3) is 0 Å². The third-order valence-electron chi connectivity index (χ3n) is 4.04. The molecule has 1 amide bonds. The van der Waals surface area contributed by atoms with Crippen molar-refractivity contribution in [3.05, 3.63) is 54.1 Å². The Morgan fingerprint density at radius 3 is 2.48 bits per heavy atom. The molecule has 5 nitrogen and oxygen atoms in total. The van der Waals surface area contributed by atoms with E-state index >= 15 is 0 Å². The van der Waals surface area contributed by atoms with Gasteiger partial charge >= 0.3 is 6.18 Å². The highest BCUT2D eigenvalue weighted by Gasteiger charge is 2.29. The van der Waals surface area contributed by atoms with Crippen LogP contribution in [0, 0.1) is 0 Å². The standard InChI is InChI=1S/C21H25F3N2O3/c1-28-19-14-16(8-10-18(19)29-15-21(22,23)24)9-11-20(27)26-13-5-12-25-17-6-3-2-4-7-17/h2-4,6-8,10,14,25H,5,9,11-13,15H2,1H3,(H,26,27). The van der Waals surface area contributed by atoms with Gasteiger partial charge in [0.1, 0.15) is 0 Å². The summed E-state index contributed by atoms with van der Waals surface area (Å²) in [6.07, 6.45) is -2.90. The topological polar surface area (TPSA) is 59.6 Å². The summed E-state index contributed by atoms with van der Waals surface area (Å²) in [5.41, 5.74) is 1.82. The van der Waals surface area contributed by atoms with Gasteiger partial charge in [-0.05, 0) is 42.7 Å². The first-order chi connectivity index (χ1) is 13.9. The zero-order chi connectivity index (χ0) is 21.1. The Hall–Kier alpha value is -2.90. The minimum absolute atomic E-state index is 0.0175. The molecule has 0 bridgehead atoms. The van der Waals surface area contributed by atoms with Gasteiger partial charge in [0.25, 0.3) is 0 Å². The molecule has 0 saturated heterocycles. The number of hydrogen-bond donors (Lipinski definition) is 2. The molecule has 0 heterocycles. The quantitative estimate of drug-likeness (QED) is 0.546. The van der Waals surface area contributed by atoms with E-state index in [9.17, 15) is 18.0 Å². The molecule has 158 valence electrons. The van der Waals surface area contributed by atoms with Gasteiger partial charge in [-0.1, -0.05) is 24.3 Å². The van der Waals surface area contributed by atoms with Crippen LogP contribution in [0.15, 0.2) is 48.5 Å². The largest absolute Gasteiger partial charge is 0.493 e. The lowest BCUT2D eigenvalue weighted by Crippen LogP contribution is -2.26. The van der Waals surface area contributed by atoms with Gasteiger partial charge in [0.2, 0.25) is 5.91 Å².